The summed E-state index contributed by atoms with van der Waals surface area (Å²) in [5, 5.41) is 36.2. The lowest BCUT2D eigenvalue weighted by molar-refractivity contribution is -0.152. The number of ether oxygens (including phenoxy) is 2. The van der Waals surface area contributed by atoms with Gasteiger partial charge < -0.3 is 29.9 Å². The average molecular weight is 427 g/mol. The monoisotopic (exact) mass is 426 g/mol. The Morgan fingerprint density at radius 1 is 1.07 bits per heavy atom. The second-order valence-corrected chi connectivity index (χ2v) is 6.82. The predicted molar refractivity (Wildman–Crippen MR) is 113 cm³/mol. The lowest BCUT2D eigenvalue weighted by Gasteiger charge is -2.29. The van der Waals surface area contributed by atoms with Crippen LogP contribution in [0.3, 0.4) is 0 Å². The standard InChI is InChI=1S/C11H12O4.C11H22O4/c1-14-9(10(15-2)11(12)13)8-6-4-3-5-7-8;1-3-5-6-11(4-2,10(14)15)7-9(13)8-12/h3-7H,1-2H3,(H,12,13);9,12-13H,3-8H2,1-2H3,(H,14,15). The molecule has 2 atom stereocenters. The molecule has 0 saturated carbocycles. The number of benzene rings is 1. The van der Waals surface area contributed by atoms with Crippen molar-refractivity contribution in [1.82, 2.24) is 0 Å². The van der Waals surface area contributed by atoms with E-state index in [2.05, 4.69) is 0 Å². The van der Waals surface area contributed by atoms with Crippen LogP contribution in [0, 0.1) is 5.41 Å². The third-order valence-corrected chi connectivity index (χ3v) is 4.82. The second kappa shape index (κ2) is 14.4. The van der Waals surface area contributed by atoms with Gasteiger partial charge in [0.05, 0.1) is 32.3 Å². The van der Waals surface area contributed by atoms with Gasteiger partial charge in [-0.05, 0) is 19.3 Å². The molecule has 0 spiro atoms. The maximum absolute atomic E-state index is 11.2. The molecule has 0 aliphatic rings. The summed E-state index contributed by atoms with van der Waals surface area (Å²) in [5.74, 6) is -2.02. The minimum atomic E-state index is -1.15. The first-order chi connectivity index (χ1) is 14.2. The van der Waals surface area contributed by atoms with Crippen molar-refractivity contribution in [1.29, 1.82) is 0 Å². The molecule has 30 heavy (non-hydrogen) atoms. The highest BCUT2D eigenvalue weighted by atomic mass is 16.5. The van der Waals surface area contributed by atoms with E-state index in [-0.39, 0.29) is 24.5 Å². The second-order valence-electron chi connectivity index (χ2n) is 6.82. The Bertz CT molecular complexity index is 671. The molecule has 0 aliphatic heterocycles. The number of methoxy groups -OCH3 is 2. The van der Waals surface area contributed by atoms with Gasteiger partial charge in [-0.15, -0.1) is 0 Å². The van der Waals surface area contributed by atoms with Crippen LogP contribution in [-0.4, -0.2) is 59.3 Å². The first-order valence-corrected chi connectivity index (χ1v) is 9.86. The third kappa shape index (κ3) is 8.42. The van der Waals surface area contributed by atoms with Crippen molar-refractivity contribution in [2.45, 2.75) is 52.1 Å². The van der Waals surface area contributed by atoms with Crippen LogP contribution in [0.4, 0.5) is 0 Å². The van der Waals surface area contributed by atoms with Crippen LogP contribution in [0.5, 0.6) is 0 Å². The van der Waals surface area contributed by atoms with Gasteiger partial charge in [0.15, 0.2) is 5.76 Å². The molecule has 0 amide bonds. The van der Waals surface area contributed by atoms with Crippen LogP contribution >= 0.6 is 0 Å². The van der Waals surface area contributed by atoms with Crippen molar-refractivity contribution in [3.05, 3.63) is 41.7 Å². The number of carbonyl (C=O) groups is 2. The number of carboxylic acids is 2. The molecular formula is C22H34O8. The lowest BCUT2D eigenvalue weighted by atomic mass is 9.76. The van der Waals surface area contributed by atoms with Crippen LogP contribution < -0.4 is 0 Å². The summed E-state index contributed by atoms with van der Waals surface area (Å²) in [6, 6.07) is 8.93. The van der Waals surface area contributed by atoms with Gasteiger partial charge in [-0.25, -0.2) is 4.79 Å². The molecule has 170 valence electrons. The van der Waals surface area contributed by atoms with E-state index in [1.165, 1.54) is 14.2 Å². The maximum atomic E-state index is 11.2. The van der Waals surface area contributed by atoms with Gasteiger partial charge in [-0.1, -0.05) is 57.0 Å². The van der Waals surface area contributed by atoms with Crippen LogP contribution in [0.2, 0.25) is 0 Å². The zero-order valence-corrected chi connectivity index (χ0v) is 18.1. The van der Waals surface area contributed by atoms with Crippen molar-refractivity contribution < 1.29 is 39.5 Å². The SMILES string of the molecule is CCCCC(CC)(CC(O)CO)C(=O)O.COC(C(=O)O)=C(OC)c1ccccc1. The van der Waals surface area contributed by atoms with Gasteiger partial charge in [-0.2, -0.15) is 0 Å². The molecule has 4 N–H and O–H groups in total. The van der Waals surface area contributed by atoms with E-state index in [1.807, 2.05) is 19.9 Å². The molecule has 0 bridgehead atoms. The summed E-state index contributed by atoms with van der Waals surface area (Å²) in [5.41, 5.74) is -0.211. The quantitative estimate of drug-likeness (QED) is 0.296. The molecule has 0 radical (unpaired) electrons. The van der Waals surface area contributed by atoms with Crippen molar-refractivity contribution in [2.24, 2.45) is 5.41 Å². The molecule has 8 heteroatoms. The van der Waals surface area contributed by atoms with Crippen molar-refractivity contribution >= 4 is 17.7 Å². The largest absolute Gasteiger partial charge is 0.492 e. The topological polar surface area (TPSA) is 134 Å². The fourth-order valence-corrected chi connectivity index (χ4v) is 3.01. The number of unbranched alkanes of at least 4 members (excludes halogenated alkanes) is 1. The van der Waals surface area contributed by atoms with E-state index in [9.17, 15) is 19.8 Å². The number of aliphatic hydroxyl groups is 2. The van der Waals surface area contributed by atoms with E-state index in [0.717, 1.165) is 12.8 Å². The summed E-state index contributed by atoms with van der Waals surface area (Å²) in [6.07, 6.45) is 2.02. The zero-order valence-electron chi connectivity index (χ0n) is 18.1. The van der Waals surface area contributed by atoms with Crippen LogP contribution in [-0.2, 0) is 19.1 Å². The van der Waals surface area contributed by atoms with Gasteiger partial charge in [-0.3, -0.25) is 4.79 Å². The minimum Gasteiger partial charge on any atom is -0.492 e. The smallest absolute Gasteiger partial charge is 0.375 e. The summed E-state index contributed by atoms with van der Waals surface area (Å²) in [6.45, 7) is 3.44. The number of hydrogen-bond acceptors (Lipinski definition) is 6. The van der Waals surface area contributed by atoms with Gasteiger partial charge in [0.2, 0.25) is 5.76 Å². The van der Waals surface area contributed by atoms with Gasteiger partial charge in [0.25, 0.3) is 0 Å². The first-order valence-electron chi connectivity index (χ1n) is 9.86. The molecule has 2 unspecified atom stereocenters. The number of hydrogen-bond donors (Lipinski definition) is 4. The molecule has 1 rings (SSSR count). The van der Waals surface area contributed by atoms with E-state index in [0.29, 0.717) is 18.4 Å². The van der Waals surface area contributed by atoms with Crippen LogP contribution in [0.1, 0.15) is 51.5 Å². The Hall–Kier alpha value is -2.58. The molecular weight excluding hydrogens is 392 g/mol. The summed E-state index contributed by atoms with van der Waals surface area (Å²) in [7, 11) is 2.70. The first kappa shape index (κ1) is 27.4. The highest BCUT2D eigenvalue weighted by molar-refractivity contribution is 5.92. The lowest BCUT2D eigenvalue weighted by Crippen LogP contribution is -2.35. The van der Waals surface area contributed by atoms with E-state index >= 15 is 0 Å². The maximum Gasteiger partial charge on any atom is 0.375 e. The minimum absolute atomic E-state index is 0.134. The normalized spacial score (nSPS) is 14.3. The molecule has 8 nitrogen and oxygen atoms in total. The van der Waals surface area contributed by atoms with Gasteiger partial charge >= 0.3 is 11.9 Å². The van der Waals surface area contributed by atoms with E-state index in [4.69, 9.17) is 19.7 Å². The Kier molecular flexibility index (Phi) is 13.2. The van der Waals surface area contributed by atoms with Crippen LogP contribution in [0.15, 0.2) is 36.1 Å². The molecule has 0 aromatic heterocycles. The van der Waals surface area contributed by atoms with Crippen LogP contribution in [0.25, 0.3) is 5.76 Å². The zero-order chi connectivity index (χ0) is 23.2. The highest BCUT2D eigenvalue weighted by Gasteiger charge is 2.37. The number of aliphatic hydroxyl groups excluding tert-OH is 2. The molecule has 0 fully saturated rings. The van der Waals surface area contributed by atoms with E-state index in [1.54, 1.807) is 24.3 Å². The highest BCUT2D eigenvalue weighted by Crippen LogP contribution is 2.34. The Morgan fingerprint density at radius 3 is 2.03 bits per heavy atom. The van der Waals surface area contributed by atoms with Crippen molar-refractivity contribution in [3.8, 4) is 0 Å². The Morgan fingerprint density at radius 2 is 1.67 bits per heavy atom. The molecule has 0 saturated heterocycles. The fraction of sp³-hybridized carbons (Fsp3) is 0.545. The summed E-state index contributed by atoms with van der Waals surface area (Å²) >= 11 is 0. The number of carboxylic acid groups (broad SMARTS) is 2. The molecule has 0 aliphatic carbocycles. The Balaban J connectivity index is 0.000000561. The number of aliphatic carboxylic acids is 2. The summed E-state index contributed by atoms with van der Waals surface area (Å²) in [4.78, 5) is 22.1. The van der Waals surface area contributed by atoms with E-state index < -0.39 is 23.5 Å². The molecule has 0 heterocycles. The summed E-state index contributed by atoms with van der Waals surface area (Å²) < 4.78 is 9.80. The third-order valence-electron chi connectivity index (χ3n) is 4.82. The van der Waals surface area contributed by atoms with Gasteiger partial charge in [0, 0.05) is 5.56 Å². The van der Waals surface area contributed by atoms with Crippen molar-refractivity contribution in [2.75, 3.05) is 20.8 Å². The molecule has 1 aromatic carbocycles. The van der Waals surface area contributed by atoms with Crippen molar-refractivity contribution in [3.63, 3.8) is 0 Å². The van der Waals surface area contributed by atoms with Gasteiger partial charge in [0.1, 0.15) is 0 Å². The predicted octanol–water partition coefficient (Wildman–Crippen LogP) is 3.13. The Labute approximate surface area is 177 Å². The fourth-order valence-electron chi connectivity index (χ4n) is 3.01. The number of rotatable bonds is 12. The molecule has 1 aromatic rings. The average Bonchev–Trinajstić information content (AvgIpc) is 2.75.